The van der Waals surface area contributed by atoms with Crippen LogP contribution in [0.2, 0.25) is 0 Å². The third kappa shape index (κ3) is 3.59. The summed E-state index contributed by atoms with van der Waals surface area (Å²) in [6.45, 7) is 6.23. The molecule has 0 spiro atoms. The van der Waals surface area contributed by atoms with Crippen molar-refractivity contribution < 1.29 is 14.3 Å². The molecular formula is C19H24N4O3S. The molecule has 8 heteroatoms. The van der Waals surface area contributed by atoms with E-state index in [4.69, 9.17) is 9.47 Å². The highest BCUT2D eigenvalue weighted by Gasteiger charge is 2.25. The van der Waals surface area contributed by atoms with E-state index in [1.807, 2.05) is 6.07 Å². The summed E-state index contributed by atoms with van der Waals surface area (Å²) in [5, 5.41) is 0.926. The lowest BCUT2D eigenvalue weighted by Crippen LogP contribution is -2.47. The number of carbonyl (C=O) groups excluding carboxylic acids is 1. The number of anilines is 1. The zero-order valence-corrected chi connectivity index (χ0v) is 16.7. The van der Waals surface area contributed by atoms with Crippen LogP contribution in [0.25, 0.3) is 0 Å². The predicted octanol–water partition coefficient (Wildman–Crippen LogP) is 2.46. The van der Waals surface area contributed by atoms with Crippen LogP contribution in [0.5, 0.6) is 11.5 Å². The number of ether oxygens (including phenoxy) is 2. The maximum atomic E-state index is 12.1. The molecule has 2 aliphatic rings. The standard InChI is InChI=1S/C19H24N4O3S/c1-13(14-4-5-15-16(10-14)26-12-25-15)22-6-8-23(9-7-22)19-20-11-17(27-19)18(24)21(2)3/h4-5,10-11,13H,6-9,12H2,1-3H3. The van der Waals surface area contributed by atoms with E-state index in [1.165, 1.54) is 16.9 Å². The largest absolute Gasteiger partial charge is 0.454 e. The number of rotatable bonds is 4. The molecule has 4 rings (SSSR count). The quantitative estimate of drug-likeness (QED) is 0.802. The summed E-state index contributed by atoms with van der Waals surface area (Å²) >= 11 is 1.47. The molecule has 2 aromatic rings. The Kier molecular flexibility index (Phi) is 4.92. The Morgan fingerprint density at radius 3 is 2.67 bits per heavy atom. The number of nitrogens with zero attached hydrogens (tertiary/aromatic N) is 4. The number of fused-ring (bicyclic) bond motifs is 1. The Morgan fingerprint density at radius 2 is 1.93 bits per heavy atom. The number of benzene rings is 1. The van der Waals surface area contributed by atoms with Crippen molar-refractivity contribution in [2.75, 3.05) is 52.0 Å². The first kappa shape index (κ1) is 18.1. The van der Waals surface area contributed by atoms with Gasteiger partial charge in [0.2, 0.25) is 6.79 Å². The lowest BCUT2D eigenvalue weighted by Gasteiger charge is -2.38. The fraction of sp³-hybridized carbons (Fsp3) is 0.474. The maximum Gasteiger partial charge on any atom is 0.265 e. The average molecular weight is 388 g/mol. The van der Waals surface area contributed by atoms with Gasteiger partial charge in [-0.05, 0) is 24.6 Å². The van der Waals surface area contributed by atoms with Crippen LogP contribution in [0.4, 0.5) is 5.13 Å². The molecule has 1 aromatic carbocycles. The van der Waals surface area contributed by atoms with Crippen LogP contribution in [0, 0.1) is 0 Å². The first-order valence-electron chi connectivity index (χ1n) is 9.09. The van der Waals surface area contributed by atoms with E-state index < -0.39 is 0 Å². The highest BCUT2D eigenvalue weighted by Crippen LogP contribution is 2.35. The van der Waals surface area contributed by atoms with Gasteiger partial charge in [0, 0.05) is 46.3 Å². The van der Waals surface area contributed by atoms with Gasteiger partial charge >= 0.3 is 0 Å². The van der Waals surface area contributed by atoms with Gasteiger partial charge in [-0.3, -0.25) is 9.69 Å². The van der Waals surface area contributed by atoms with Crippen molar-refractivity contribution >= 4 is 22.4 Å². The van der Waals surface area contributed by atoms with E-state index in [1.54, 1.807) is 25.2 Å². The molecule has 0 saturated carbocycles. The monoisotopic (exact) mass is 388 g/mol. The lowest BCUT2D eigenvalue weighted by molar-refractivity contribution is 0.0832. The molecule has 1 amide bonds. The minimum absolute atomic E-state index is 0.00816. The molecule has 3 heterocycles. The van der Waals surface area contributed by atoms with Crippen molar-refractivity contribution in [3.05, 3.63) is 34.8 Å². The molecule has 1 atom stereocenters. The molecular weight excluding hydrogens is 364 g/mol. The first-order chi connectivity index (χ1) is 13.0. The number of aromatic nitrogens is 1. The van der Waals surface area contributed by atoms with Crippen molar-refractivity contribution in [2.24, 2.45) is 0 Å². The Labute approximate surface area is 163 Å². The second-order valence-corrected chi connectivity index (χ2v) is 8.03. The van der Waals surface area contributed by atoms with Crippen LogP contribution in [-0.4, -0.2) is 67.8 Å². The van der Waals surface area contributed by atoms with Gasteiger partial charge in [0.15, 0.2) is 16.6 Å². The Balaban J connectivity index is 1.38. The summed E-state index contributed by atoms with van der Waals surface area (Å²) in [5.74, 6) is 1.66. The van der Waals surface area contributed by atoms with Crippen LogP contribution < -0.4 is 14.4 Å². The van der Waals surface area contributed by atoms with Gasteiger partial charge in [-0.1, -0.05) is 17.4 Å². The molecule has 0 N–H and O–H groups in total. The summed E-state index contributed by atoms with van der Waals surface area (Å²) < 4.78 is 10.9. The normalized spacial score (nSPS) is 17.8. The number of hydrogen-bond donors (Lipinski definition) is 0. The van der Waals surface area contributed by atoms with Gasteiger partial charge in [-0.15, -0.1) is 0 Å². The molecule has 144 valence electrons. The Morgan fingerprint density at radius 1 is 1.19 bits per heavy atom. The van der Waals surface area contributed by atoms with Crippen molar-refractivity contribution in [1.82, 2.24) is 14.8 Å². The summed E-state index contributed by atoms with van der Waals surface area (Å²) in [6, 6.07) is 6.50. The van der Waals surface area contributed by atoms with Gasteiger partial charge in [-0.2, -0.15) is 0 Å². The summed E-state index contributed by atoms with van der Waals surface area (Å²) in [6.07, 6.45) is 1.68. The van der Waals surface area contributed by atoms with Crippen LogP contribution >= 0.6 is 11.3 Å². The highest BCUT2D eigenvalue weighted by atomic mass is 32.1. The van der Waals surface area contributed by atoms with E-state index in [-0.39, 0.29) is 5.91 Å². The third-order valence-corrected chi connectivity index (χ3v) is 6.17. The Bertz CT molecular complexity index is 830. The van der Waals surface area contributed by atoms with Gasteiger partial charge in [0.1, 0.15) is 4.88 Å². The van der Waals surface area contributed by atoms with Crippen molar-refractivity contribution in [2.45, 2.75) is 13.0 Å². The second-order valence-electron chi connectivity index (χ2n) is 7.02. The van der Waals surface area contributed by atoms with Crippen molar-refractivity contribution in [1.29, 1.82) is 0 Å². The molecule has 7 nitrogen and oxygen atoms in total. The average Bonchev–Trinajstić information content (AvgIpc) is 3.35. The van der Waals surface area contributed by atoms with E-state index in [0.717, 1.165) is 42.8 Å². The third-order valence-electron chi connectivity index (χ3n) is 5.12. The fourth-order valence-electron chi connectivity index (χ4n) is 3.41. The van der Waals surface area contributed by atoms with E-state index >= 15 is 0 Å². The van der Waals surface area contributed by atoms with Crippen molar-refractivity contribution in [3.8, 4) is 11.5 Å². The molecule has 0 bridgehead atoms. The number of piperazine rings is 1. The van der Waals surface area contributed by atoms with Gasteiger partial charge in [0.05, 0.1) is 6.20 Å². The minimum Gasteiger partial charge on any atom is -0.454 e. The zero-order chi connectivity index (χ0) is 19.0. The van der Waals surface area contributed by atoms with Crippen LogP contribution in [-0.2, 0) is 0 Å². The smallest absolute Gasteiger partial charge is 0.265 e. The number of amides is 1. The molecule has 27 heavy (non-hydrogen) atoms. The minimum atomic E-state index is 0.00816. The number of hydrogen-bond acceptors (Lipinski definition) is 7. The van der Waals surface area contributed by atoms with Crippen LogP contribution in [0.1, 0.15) is 28.2 Å². The Hall–Kier alpha value is -2.32. The van der Waals surface area contributed by atoms with Crippen LogP contribution in [0.15, 0.2) is 24.4 Å². The van der Waals surface area contributed by atoms with Gasteiger partial charge in [0.25, 0.3) is 5.91 Å². The number of thiazole rings is 1. The maximum absolute atomic E-state index is 12.1. The van der Waals surface area contributed by atoms with E-state index in [0.29, 0.717) is 17.7 Å². The van der Waals surface area contributed by atoms with Crippen LogP contribution in [0.3, 0.4) is 0 Å². The predicted molar refractivity (Wildman–Crippen MR) is 105 cm³/mol. The molecule has 0 aliphatic carbocycles. The summed E-state index contributed by atoms with van der Waals surface area (Å²) in [4.78, 5) is 23.5. The van der Waals surface area contributed by atoms with E-state index in [2.05, 4.69) is 33.8 Å². The molecule has 2 aliphatic heterocycles. The highest BCUT2D eigenvalue weighted by molar-refractivity contribution is 7.17. The SMILES string of the molecule is CC(c1ccc2c(c1)OCO2)N1CCN(c2ncc(C(=O)N(C)C)s2)CC1. The first-order valence-corrected chi connectivity index (χ1v) is 9.90. The summed E-state index contributed by atoms with van der Waals surface area (Å²) in [5.41, 5.74) is 1.24. The van der Waals surface area contributed by atoms with E-state index in [9.17, 15) is 4.79 Å². The molecule has 1 aromatic heterocycles. The molecule has 1 unspecified atom stereocenters. The lowest BCUT2D eigenvalue weighted by atomic mass is 10.1. The van der Waals surface area contributed by atoms with Gasteiger partial charge < -0.3 is 19.3 Å². The van der Waals surface area contributed by atoms with Gasteiger partial charge in [-0.25, -0.2) is 4.98 Å². The number of carbonyl (C=O) groups is 1. The topological polar surface area (TPSA) is 58.1 Å². The second kappa shape index (κ2) is 7.36. The summed E-state index contributed by atoms with van der Waals surface area (Å²) in [7, 11) is 3.52. The molecule has 1 fully saturated rings. The zero-order valence-electron chi connectivity index (χ0n) is 15.8. The van der Waals surface area contributed by atoms with Crippen molar-refractivity contribution in [3.63, 3.8) is 0 Å². The fourth-order valence-corrected chi connectivity index (χ4v) is 4.40. The molecule has 1 saturated heterocycles. The molecule has 0 radical (unpaired) electrons.